The van der Waals surface area contributed by atoms with Gasteiger partial charge < -0.3 is 4.74 Å². The van der Waals surface area contributed by atoms with Crippen molar-refractivity contribution in [1.29, 1.82) is 0 Å². The summed E-state index contributed by atoms with van der Waals surface area (Å²) in [7, 11) is 1.60. The predicted octanol–water partition coefficient (Wildman–Crippen LogP) is 3.96. The van der Waals surface area contributed by atoms with Crippen LogP contribution in [0.5, 0.6) is 5.75 Å². The van der Waals surface area contributed by atoms with Gasteiger partial charge in [0.1, 0.15) is 5.75 Å². The van der Waals surface area contributed by atoms with E-state index < -0.39 is 0 Å². The largest absolute Gasteiger partial charge is 0.497 e. The van der Waals surface area contributed by atoms with Gasteiger partial charge in [-0.1, -0.05) is 29.5 Å². The molecule has 7 nitrogen and oxygen atoms in total. The first-order chi connectivity index (χ1) is 14.1. The molecular formula is C20H15N5O2S2. The van der Waals surface area contributed by atoms with Gasteiger partial charge in [0.05, 0.1) is 35.6 Å². The standard InChI is InChI=1S/C20H15N5O2S2/c1-12-11-24-18(21-12)28-20(23-24)29-19-22-16-9-4-3-8-15(16)17(26)25(19)13-6-5-7-14(10-13)27-2/h3-11H,1-2H3. The highest BCUT2D eigenvalue weighted by Gasteiger charge is 2.17. The Morgan fingerprint density at radius 3 is 2.79 bits per heavy atom. The molecule has 0 aliphatic rings. The summed E-state index contributed by atoms with van der Waals surface area (Å²) in [6.45, 7) is 1.93. The third kappa shape index (κ3) is 3.18. The Morgan fingerprint density at radius 1 is 1.10 bits per heavy atom. The molecule has 0 atom stereocenters. The third-order valence-electron chi connectivity index (χ3n) is 4.38. The van der Waals surface area contributed by atoms with E-state index in [1.165, 1.54) is 23.1 Å². The Morgan fingerprint density at radius 2 is 1.97 bits per heavy atom. The highest BCUT2D eigenvalue weighted by Crippen LogP contribution is 2.32. The molecule has 0 amide bonds. The van der Waals surface area contributed by atoms with Crippen molar-refractivity contribution < 1.29 is 4.74 Å². The first-order valence-corrected chi connectivity index (χ1v) is 10.4. The van der Waals surface area contributed by atoms with E-state index in [2.05, 4.69) is 10.1 Å². The lowest BCUT2D eigenvalue weighted by Gasteiger charge is -2.13. The minimum atomic E-state index is -0.136. The van der Waals surface area contributed by atoms with Crippen LogP contribution in [0.4, 0.5) is 0 Å². The van der Waals surface area contributed by atoms with Crippen LogP contribution in [-0.2, 0) is 0 Å². The summed E-state index contributed by atoms with van der Waals surface area (Å²) in [6, 6.07) is 14.7. The summed E-state index contributed by atoms with van der Waals surface area (Å²) >= 11 is 2.80. The second-order valence-corrected chi connectivity index (χ2v) is 8.50. The third-order valence-corrected chi connectivity index (χ3v) is 6.31. The van der Waals surface area contributed by atoms with Gasteiger partial charge in [0.25, 0.3) is 5.56 Å². The topological polar surface area (TPSA) is 74.3 Å². The van der Waals surface area contributed by atoms with E-state index in [9.17, 15) is 4.79 Å². The van der Waals surface area contributed by atoms with E-state index in [0.29, 0.717) is 27.5 Å². The van der Waals surface area contributed by atoms with Crippen molar-refractivity contribution in [1.82, 2.24) is 24.1 Å². The van der Waals surface area contributed by atoms with Crippen LogP contribution in [0.15, 0.2) is 69.0 Å². The molecule has 0 N–H and O–H groups in total. The zero-order valence-corrected chi connectivity index (χ0v) is 17.2. The van der Waals surface area contributed by atoms with Gasteiger partial charge in [-0.3, -0.25) is 9.36 Å². The number of rotatable bonds is 4. The number of fused-ring (bicyclic) bond motifs is 2. The fourth-order valence-electron chi connectivity index (χ4n) is 3.07. The molecule has 2 aromatic carbocycles. The first kappa shape index (κ1) is 17.9. The van der Waals surface area contributed by atoms with E-state index in [1.54, 1.807) is 22.3 Å². The Labute approximate surface area is 173 Å². The lowest BCUT2D eigenvalue weighted by atomic mass is 10.2. The second-order valence-electron chi connectivity index (χ2n) is 6.33. The summed E-state index contributed by atoms with van der Waals surface area (Å²) in [5, 5.41) is 5.66. The summed E-state index contributed by atoms with van der Waals surface area (Å²) < 4.78 is 9.44. The number of aromatic nitrogens is 5. The fourth-order valence-corrected chi connectivity index (χ4v) is 5.05. The molecular weight excluding hydrogens is 406 g/mol. The number of ether oxygens (including phenoxy) is 1. The monoisotopic (exact) mass is 421 g/mol. The molecule has 29 heavy (non-hydrogen) atoms. The van der Waals surface area contributed by atoms with Gasteiger partial charge in [-0.25, -0.2) is 14.5 Å². The Balaban J connectivity index is 1.71. The summed E-state index contributed by atoms with van der Waals surface area (Å²) in [5.41, 5.74) is 2.12. The summed E-state index contributed by atoms with van der Waals surface area (Å²) in [6.07, 6.45) is 1.87. The number of hydrogen-bond donors (Lipinski definition) is 0. The second kappa shape index (κ2) is 7.02. The van der Waals surface area contributed by atoms with Gasteiger partial charge in [0, 0.05) is 6.07 Å². The van der Waals surface area contributed by atoms with E-state index in [0.717, 1.165) is 15.0 Å². The van der Waals surface area contributed by atoms with Gasteiger partial charge in [-0.2, -0.15) is 0 Å². The van der Waals surface area contributed by atoms with Crippen molar-refractivity contribution in [3.8, 4) is 11.4 Å². The number of para-hydroxylation sites is 1. The molecule has 5 aromatic rings. The SMILES string of the molecule is COc1cccc(-n2c(Sc3nn4cc(C)nc4s3)nc3ccccc3c2=O)c1. The molecule has 3 aromatic heterocycles. The minimum Gasteiger partial charge on any atom is -0.497 e. The smallest absolute Gasteiger partial charge is 0.266 e. The van der Waals surface area contributed by atoms with Gasteiger partial charge in [0.15, 0.2) is 9.50 Å². The highest BCUT2D eigenvalue weighted by atomic mass is 32.2. The Bertz CT molecular complexity index is 1390. The molecule has 0 radical (unpaired) electrons. The number of nitrogens with zero attached hydrogens (tertiary/aromatic N) is 5. The number of benzene rings is 2. The normalized spacial score (nSPS) is 11.4. The van der Waals surface area contributed by atoms with Crippen molar-refractivity contribution >= 4 is 39.0 Å². The van der Waals surface area contributed by atoms with Gasteiger partial charge in [-0.15, -0.1) is 5.10 Å². The highest BCUT2D eigenvalue weighted by molar-refractivity contribution is 8.01. The Kier molecular flexibility index (Phi) is 4.33. The van der Waals surface area contributed by atoms with Gasteiger partial charge >= 0.3 is 0 Å². The summed E-state index contributed by atoms with van der Waals surface area (Å²) in [5.74, 6) is 0.668. The summed E-state index contributed by atoms with van der Waals surface area (Å²) in [4.78, 5) is 23.4. The van der Waals surface area contributed by atoms with Crippen molar-refractivity contribution in [3.63, 3.8) is 0 Å². The maximum atomic E-state index is 13.3. The lowest BCUT2D eigenvalue weighted by Crippen LogP contribution is -2.21. The zero-order chi connectivity index (χ0) is 20.0. The quantitative estimate of drug-likeness (QED) is 0.409. The van der Waals surface area contributed by atoms with Crippen LogP contribution in [0.1, 0.15) is 5.69 Å². The molecule has 0 fully saturated rings. The molecule has 0 spiro atoms. The molecule has 0 saturated heterocycles. The average Bonchev–Trinajstić information content (AvgIpc) is 3.25. The molecule has 3 heterocycles. The molecule has 9 heteroatoms. The molecule has 0 aliphatic carbocycles. The van der Waals surface area contributed by atoms with Crippen LogP contribution < -0.4 is 10.3 Å². The van der Waals surface area contributed by atoms with Gasteiger partial charge in [0.2, 0.25) is 4.96 Å². The number of methoxy groups -OCH3 is 1. The van der Waals surface area contributed by atoms with Crippen molar-refractivity contribution in [2.24, 2.45) is 0 Å². The molecule has 0 bridgehead atoms. The fraction of sp³-hybridized carbons (Fsp3) is 0.100. The van der Waals surface area contributed by atoms with Crippen LogP contribution in [0, 0.1) is 6.92 Å². The van der Waals surface area contributed by atoms with Crippen LogP contribution in [0.2, 0.25) is 0 Å². The van der Waals surface area contributed by atoms with Crippen LogP contribution in [0.25, 0.3) is 21.6 Å². The molecule has 144 valence electrons. The Hall–Kier alpha value is -3.17. The number of hydrogen-bond acceptors (Lipinski definition) is 7. The van der Waals surface area contributed by atoms with Crippen LogP contribution >= 0.6 is 23.1 Å². The molecule has 0 unspecified atom stereocenters. The number of imidazole rings is 1. The minimum absolute atomic E-state index is 0.136. The van der Waals surface area contributed by atoms with Gasteiger partial charge in [-0.05, 0) is 43.0 Å². The average molecular weight is 422 g/mol. The number of aryl methyl sites for hydroxylation is 1. The van der Waals surface area contributed by atoms with E-state index in [1.807, 2.05) is 55.6 Å². The molecule has 0 saturated carbocycles. The maximum Gasteiger partial charge on any atom is 0.266 e. The van der Waals surface area contributed by atoms with Crippen molar-refractivity contribution in [2.45, 2.75) is 16.4 Å². The van der Waals surface area contributed by atoms with Crippen molar-refractivity contribution in [3.05, 3.63) is 70.8 Å². The van der Waals surface area contributed by atoms with E-state index >= 15 is 0 Å². The van der Waals surface area contributed by atoms with Crippen LogP contribution in [-0.4, -0.2) is 31.3 Å². The van der Waals surface area contributed by atoms with E-state index in [4.69, 9.17) is 9.72 Å². The van der Waals surface area contributed by atoms with Crippen LogP contribution in [0.3, 0.4) is 0 Å². The molecule has 0 aliphatic heterocycles. The molecule has 5 rings (SSSR count). The zero-order valence-electron chi connectivity index (χ0n) is 15.6. The first-order valence-electron chi connectivity index (χ1n) is 8.79. The predicted molar refractivity (Wildman–Crippen MR) is 114 cm³/mol. The lowest BCUT2D eigenvalue weighted by molar-refractivity contribution is 0.414. The maximum absolute atomic E-state index is 13.3. The van der Waals surface area contributed by atoms with E-state index in [-0.39, 0.29) is 5.56 Å². The van der Waals surface area contributed by atoms with Crippen molar-refractivity contribution in [2.75, 3.05) is 7.11 Å².